The lowest BCUT2D eigenvalue weighted by molar-refractivity contribution is 0.101. The minimum atomic E-state index is -0.372. The quantitative estimate of drug-likeness (QED) is 0.791. The van der Waals surface area contributed by atoms with E-state index in [-0.39, 0.29) is 22.4 Å². The normalized spacial score (nSPS) is 14.1. The molecule has 7 heteroatoms. The minimum absolute atomic E-state index is 0.191. The summed E-state index contributed by atoms with van der Waals surface area (Å²) in [5.41, 5.74) is 1.57. The average Bonchev–Trinajstić information content (AvgIpc) is 2.96. The van der Waals surface area contributed by atoms with Crippen molar-refractivity contribution in [1.82, 2.24) is 4.98 Å². The van der Waals surface area contributed by atoms with Gasteiger partial charge < -0.3 is 10.1 Å². The number of halogens is 1. The third-order valence-electron chi connectivity index (χ3n) is 4.18. The number of nitrogens with zero attached hydrogens (tertiary/aromatic N) is 1. The van der Waals surface area contributed by atoms with Gasteiger partial charge in [0.2, 0.25) is 0 Å². The van der Waals surface area contributed by atoms with Gasteiger partial charge in [0.15, 0.2) is 10.8 Å². The van der Waals surface area contributed by atoms with Crippen LogP contribution in [0.25, 0.3) is 0 Å². The van der Waals surface area contributed by atoms with Crippen LogP contribution in [0.1, 0.15) is 58.0 Å². The number of amides is 1. The molecule has 3 rings (SSSR count). The second-order valence-corrected chi connectivity index (χ2v) is 6.96. The summed E-state index contributed by atoms with van der Waals surface area (Å²) in [5.74, 6) is 0.301. The Morgan fingerprint density at radius 1 is 1.38 bits per heavy atom. The summed E-state index contributed by atoms with van der Waals surface area (Å²) in [6.07, 6.45) is 3.47. The molecule has 1 aliphatic rings. The second-order valence-electron chi connectivity index (χ2n) is 5.72. The number of Topliss-reactive ketones (excluding diaryl/α,β-unsaturated/α-hetero) is 1. The fourth-order valence-corrected chi connectivity index (χ4v) is 3.66. The van der Waals surface area contributed by atoms with E-state index in [4.69, 9.17) is 16.3 Å². The zero-order valence-corrected chi connectivity index (χ0v) is 15.0. The van der Waals surface area contributed by atoms with Crippen molar-refractivity contribution < 1.29 is 14.3 Å². The van der Waals surface area contributed by atoms with E-state index in [2.05, 4.69) is 10.3 Å². The molecule has 126 valence electrons. The van der Waals surface area contributed by atoms with Gasteiger partial charge >= 0.3 is 0 Å². The van der Waals surface area contributed by atoms with Gasteiger partial charge in [0.25, 0.3) is 5.91 Å². The molecule has 0 aliphatic heterocycles. The molecular weight excluding hydrogens is 348 g/mol. The number of benzene rings is 1. The maximum Gasteiger partial charge on any atom is 0.284 e. The van der Waals surface area contributed by atoms with Gasteiger partial charge in [-0.05, 0) is 31.9 Å². The molecular formula is C17H17ClN2O3S. The SMILES string of the molecule is COc1ccc(C(C)=O)c(NC(=O)c2nc(C3CCC3)cs2)c1Cl. The number of carbonyl (C=O) groups excluding carboxylic acids is 2. The molecule has 1 amide bonds. The number of methoxy groups -OCH3 is 1. The van der Waals surface area contributed by atoms with Crippen molar-refractivity contribution in [2.75, 3.05) is 12.4 Å². The van der Waals surface area contributed by atoms with Gasteiger partial charge in [-0.1, -0.05) is 18.0 Å². The number of hydrogen-bond donors (Lipinski definition) is 1. The lowest BCUT2D eigenvalue weighted by Crippen LogP contribution is -2.16. The Kier molecular flexibility index (Phi) is 4.87. The van der Waals surface area contributed by atoms with E-state index in [1.165, 1.54) is 31.8 Å². The van der Waals surface area contributed by atoms with E-state index in [9.17, 15) is 9.59 Å². The highest BCUT2D eigenvalue weighted by Gasteiger charge is 2.24. The smallest absolute Gasteiger partial charge is 0.284 e. The van der Waals surface area contributed by atoms with Crippen molar-refractivity contribution in [1.29, 1.82) is 0 Å². The number of nitrogens with one attached hydrogen (secondary N) is 1. The van der Waals surface area contributed by atoms with Gasteiger partial charge in [-0.2, -0.15) is 0 Å². The largest absolute Gasteiger partial charge is 0.495 e. The summed E-state index contributed by atoms with van der Waals surface area (Å²) in [6.45, 7) is 1.42. The van der Waals surface area contributed by atoms with Gasteiger partial charge in [0.1, 0.15) is 10.8 Å². The van der Waals surface area contributed by atoms with Crippen LogP contribution in [0.3, 0.4) is 0 Å². The highest BCUT2D eigenvalue weighted by atomic mass is 35.5. The average molecular weight is 365 g/mol. The molecule has 1 saturated carbocycles. The monoisotopic (exact) mass is 364 g/mol. The fourth-order valence-electron chi connectivity index (χ4n) is 2.58. The standard InChI is InChI=1S/C17H17ClN2O3S/c1-9(21)11-6-7-13(23-2)14(18)15(11)20-16(22)17-19-12(8-24-17)10-4-3-5-10/h6-8,10H,3-5H2,1-2H3,(H,20,22). The number of rotatable bonds is 5. The van der Waals surface area contributed by atoms with Crippen LogP contribution in [0.4, 0.5) is 5.69 Å². The number of ketones is 1. The molecule has 1 aliphatic carbocycles. The first kappa shape index (κ1) is 16.9. The molecule has 5 nitrogen and oxygen atoms in total. The van der Waals surface area contributed by atoms with Crippen LogP contribution < -0.4 is 10.1 Å². The van der Waals surface area contributed by atoms with Gasteiger partial charge in [-0.3, -0.25) is 9.59 Å². The summed E-state index contributed by atoms with van der Waals surface area (Å²) >= 11 is 7.57. The Balaban J connectivity index is 1.87. The molecule has 0 unspecified atom stereocenters. The molecule has 1 aromatic carbocycles. The highest BCUT2D eigenvalue weighted by Crippen LogP contribution is 2.38. The summed E-state index contributed by atoms with van der Waals surface area (Å²) in [4.78, 5) is 28.7. The van der Waals surface area contributed by atoms with E-state index in [0.717, 1.165) is 18.5 Å². The van der Waals surface area contributed by atoms with Crippen molar-refractivity contribution in [2.45, 2.75) is 32.1 Å². The highest BCUT2D eigenvalue weighted by molar-refractivity contribution is 7.11. The lowest BCUT2D eigenvalue weighted by atomic mass is 9.83. The van der Waals surface area contributed by atoms with Gasteiger partial charge in [0, 0.05) is 16.9 Å². The molecule has 1 aromatic heterocycles. The molecule has 24 heavy (non-hydrogen) atoms. The van der Waals surface area contributed by atoms with Crippen LogP contribution in [0.15, 0.2) is 17.5 Å². The second kappa shape index (κ2) is 6.91. The Bertz CT molecular complexity index is 799. The number of aromatic nitrogens is 1. The first-order valence-corrected chi connectivity index (χ1v) is 8.91. The maximum atomic E-state index is 12.5. The molecule has 1 heterocycles. The number of ether oxygens (including phenoxy) is 1. The Morgan fingerprint density at radius 3 is 2.71 bits per heavy atom. The Morgan fingerprint density at radius 2 is 2.12 bits per heavy atom. The fraction of sp³-hybridized carbons (Fsp3) is 0.353. The van der Waals surface area contributed by atoms with Crippen molar-refractivity contribution in [3.05, 3.63) is 38.8 Å². The van der Waals surface area contributed by atoms with Crippen molar-refractivity contribution >= 4 is 40.3 Å². The van der Waals surface area contributed by atoms with E-state index in [1.54, 1.807) is 12.1 Å². The van der Waals surface area contributed by atoms with Crippen molar-refractivity contribution in [2.24, 2.45) is 0 Å². The predicted molar refractivity (Wildman–Crippen MR) is 94.7 cm³/mol. The Hall–Kier alpha value is -1.92. The van der Waals surface area contributed by atoms with Crippen molar-refractivity contribution in [3.63, 3.8) is 0 Å². The number of anilines is 1. The maximum absolute atomic E-state index is 12.5. The number of hydrogen-bond acceptors (Lipinski definition) is 5. The van der Waals surface area contributed by atoms with Crippen molar-refractivity contribution in [3.8, 4) is 5.75 Å². The molecule has 0 spiro atoms. The number of carbonyl (C=O) groups is 2. The minimum Gasteiger partial charge on any atom is -0.495 e. The van der Waals surface area contributed by atoms with Gasteiger partial charge in [-0.15, -0.1) is 11.3 Å². The number of thiazole rings is 1. The first-order valence-electron chi connectivity index (χ1n) is 7.65. The van der Waals surface area contributed by atoms with Crippen LogP contribution in [-0.4, -0.2) is 23.8 Å². The van der Waals surface area contributed by atoms with Crippen LogP contribution in [0.2, 0.25) is 5.02 Å². The van der Waals surface area contributed by atoms with Crippen LogP contribution in [-0.2, 0) is 0 Å². The third-order valence-corrected chi connectivity index (χ3v) is 5.42. The molecule has 1 N–H and O–H groups in total. The molecule has 0 saturated heterocycles. The Labute approximate surface area is 149 Å². The lowest BCUT2D eigenvalue weighted by Gasteiger charge is -2.22. The predicted octanol–water partition coefficient (Wildman–Crippen LogP) is 4.53. The molecule has 0 atom stereocenters. The summed E-state index contributed by atoms with van der Waals surface area (Å²) in [5, 5.41) is 5.21. The van der Waals surface area contributed by atoms with E-state index in [0.29, 0.717) is 22.2 Å². The zero-order chi connectivity index (χ0) is 17.3. The summed E-state index contributed by atoms with van der Waals surface area (Å²) in [6, 6.07) is 3.19. The van der Waals surface area contributed by atoms with Crippen LogP contribution in [0.5, 0.6) is 5.75 Å². The molecule has 0 radical (unpaired) electrons. The molecule has 0 bridgehead atoms. The summed E-state index contributed by atoms with van der Waals surface area (Å²) in [7, 11) is 1.48. The zero-order valence-electron chi connectivity index (χ0n) is 13.4. The third kappa shape index (κ3) is 3.16. The van der Waals surface area contributed by atoms with Crippen LogP contribution >= 0.6 is 22.9 Å². The van der Waals surface area contributed by atoms with E-state index < -0.39 is 0 Å². The van der Waals surface area contributed by atoms with Crippen LogP contribution in [0, 0.1) is 0 Å². The van der Waals surface area contributed by atoms with Gasteiger partial charge in [-0.25, -0.2) is 4.98 Å². The molecule has 2 aromatic rings. The topological polar surface area (TPSA) is 68.3 Å². The first-order chi connectivity index (χ1) is 11.5. The van der Waals surface area contributed by atoms with Gasteiger partial charge in [0.05, 0.1) is 18.5 Å². The summed E-state index contributed by atoms with van der Waals surface area (Å²) < 4.78 is 5.16. The van der Waals surface area contributed by atoms with E-state index in [1.807, 2.05) is 5.38 Å². The molecule has 1 fully saturated rings. The van der Waals surface area contributed by atoms with E-state index >= 15 is 0 Å².